The van der Waals surface area contributed by atoms with E-state index in [4.69, 9.17) is 5.84 Å². The molecule has 1 aromatic carbocycles. The second-order valence-electron chi connectivity index (χ2n) is 4.43. The maximum atomic E-state index is 12.0. The van der Waals surface area contributed by atoms with Crippen LogP contribution in [0.15, 0.2) is 30.3 Å². The lowest BCUT2D eigenvalue weighted by atomic mass is 10.1. The molecule has 0 bridgehead atoms. The van der Waals surface area contributed by atoms with Crippen LogP contribution in [0.5, 0.6) is 0 Å². The second kappa shape index (κ2) is 5.12. The average Bonchev–Trinajstić information content (AvgIpc) is 2.83. The third kappa shape index (κ3) is 2.61. The molecule has 0 aromatic heterocycles. The molecule has 1 aliphatic rings. The summed E-state index contributed by atoms with van der Waals surface area (Å²) in [6.07, 6.45) is 4.33. The smallest absolute Gasteiger partial charge is 0.239 e. The van der Waals surface area contributed by atoms with E-state index in [0.29, 0.717) is 6.54 Å². The summed E-state index contributed by atoms with van der Waals surface area (Å²) in [6.45, 7) is 0.510. The molecule has 2 N–H and O–H groups in total. The van der Waals surface area contributed by atoms with Crippen LogP contribution in [-0.4, -0.2) is 10.9 Å². The first-order valence-corrected chi connectivity index (χ1v) is 5.87. The summed E-state index contributed by atoms with van der Waals surface area (Å²) in [5, 5.41) is 1.37. The Morgan fingerprint density at radius 2 is 1.88 bits per heavy atom. The van der Waals surface area contributed by atoms with Gasteiger partial charge < -0.3 is 0 Å². The van der Waals surface area contributed by atoms with Crippen molar-refractivity contribution in [2.75, 3.05) is 0 Å². The number of hydrogen-bond acceptors (Lipinski definition) is 2. The SMILES string of the molecule is NN(Cc1ccccc1)C(=O)C1CCCC1. The molecule has 0 aliphatic heterocycles. The van der Waals surface area contributed by atoms with Gasteiger partial charge in [0.15, 0.2) is 0 Å². The summed E-state index contributed by atoms with van der Waals surface area (Å²) in [6, 6.07) is 9.86. The van der Waals surface area contributed by atoms with Crippen molar-refractivity contribution in [1.29, 1.82) is 0 Å². The predicted molar refractivity (Wildman–Crippen MR) is 63.1 cm³/mol. The van der Waals surface area contributed by atoms with Crippen molar-refractivity contribution in [2.45, 2.75) is 32.2 Å². The maximum absolute atomic E-state index is 12.0. The highest BCUT2D eigenvalue weighted by molar-refractivity contribution is 5.78. The van der Waals surface area contributed by atoms with Crippen LogP contribution in [0.4, 0.5) is 0 Å². The van der Waals surface area contributed by atoms with Crippen molar-refractivity contribution in [3.8, 4) is 0 Å². The molecule has 0 spiro atoms. The van der Waals surface area contributed by atoms with Gasteiger partial charge in [-0.2, -0.15) is 0 Å². The molecule has 1 saturated carbocycles. The fourth-order valence-electron chi connectivity index (χ4n) is 2.27. The highest BCUT2D eigenvalue weighted by Crippen LogP contribution is 2.26. The number of carbonyl (C=O) groups is 1. The minimum Gasteiger partial charge on any atom is -0.276 e. The second-order valence-corrected chi connectivity index (χ2v) is 4.43. The number of hydrazine groups is 1. The number of hydrogen-bond donors (Lipinski definition) is 1. The lowest BCUT2D eigenvalue weighted by Crippen LogP contribution is -2.40. The van der Waals surface area contributed by atoms with E-state index in [1.54, 1.807) is 0 Å². The van der Waals surface area contributed by atoms with E-state index in [1.807, 2.05) is 30.3 Å². The standard InChI is InChI=1S/C13H18N2O/c14-15(10-11-6-2-1-3-7-11)13(16)12-8-4-5-9-12/h1-3,6-7,12H,4-5,8-10,14H2. The average molecular weight is 218 g/mol. The van der Waals surface area contributed by atoms with Gasteiger partial charge in [0, 0.05) is 5.92 Å². The van der Waals surface area contributed by atoms with Crippen molar-refractivity contribution in [1.82, 2.24) is 5.01 Å². The summed E-state index contributed by atoms with van der Waals surface area (Å²) in [4.78, 5) is 12.0. The molecular formula is C13H18N2O. The van der Waals surface area contributed by atoms with Crippen LogP contribution in [0.1, 0.15) is 31.2 Å². The van der Waals surface area contributed by atoms with Gasteiger partial charge in [0.05, 0.1) is 6.54 Å². The van der Waals surface area contributed by atoms with E-state index < -0.39 is 0 Å². The van der Waals surface area contributed by atoms with Crippen LogP contribution >= 0.6 is 0 Å². The van der Waals surface area contributed by atoms with Crippen LogP contribution in [-0.2, 0) is 11.3 Å². The van der Waals surface area contributed by atoms with Crippen molar-refractivity contribution in [3.63, 3.8) is 0 Å². The highest BCUT2D eigenvalue weighted by Gasteiger charge is 2.25. The number of carbonyl (C=O) groups excluding carboxylic acids is 1. The van der Waals surface area contributed by atoms with Gasteiger partial charge in [0.1, 0.15) is 0 Å². The molecule has 1 fully saturated rings. The fraction of sp³-hybridized carbons (Fsp3) is 0.462. The predicted octanol–water partition coefficient (Wildman–Crippen LogP) is 2.08. The van der Waals surface area contributed by atoms with Gasteiger partial charge in [-0.15, -0.1) is 0 Å². The Morgan fingerprint density at radius 3 is 2.50 bits per heavy atom. The van der Waals surface area contributed by atoms with Crippen LogP contribution in [0, 0.1) is 5.92 Å². The lowest BCUT2D eigenvalue weighted by Gasteiger charge is -2.20. The van der Waals surface area contributed by atoms with E-state index in [0.717, 1.165) is 31.2 Å². The summed E-state index contributed by atoms with van der Waals surface area (Å²) in [5.41, 5.74) is 1.08. The monoisotopic (exact) mass is 218 g/mol. The van der Waals surface area contributed by atoms with E-state index in [1.165, 1.54) is 5.01 Å². The molecule has 0 atom stereocenters. The quantitative estimate of drug-likeness (QED) is 0.479. The molecule has 2 rings (SSSR count). The number of nitrogens with zero attached hydrogens (tertiary/aromatic N) is 1. The summed E-state index contributed by atoms with van der Waals surface area (Å²) < 4.78 is 0. The topological polar surface area (TPSA) is 46.3 Å². The zero-order valence-corrected chi connectivity index (χ0v) is 9.43. The van der Waals surface area contributed by atoms with E-state index in [9.17, 15) is 4.79 Å². The Labute approximate surface area is 96.2 Å². The Kier molecular flexibility index (Phi) is 3.57. The first-order chi connectivity index (χ1) is 7.77. The number of rotatable bonds is 3. The van der Waals surface area contributed by atoms with Gasteiger partial charge in [-0.05, 0) is 18.4 Å². The number of amides is 1. The number of benzene rings is 1. The van der Waals surface area contributed by atoms with Crippen LogP contribution in [0.3, 0.4) is 0 Å². The van der Waals surface area contributed by atoms with E-state index in [-0.39, 0.29) is 11.8 Å². The van der Waals surface area contributed by atoms with Crippen molar-refractivity contribution >= 4 is 5.91 Å². The third-order valence-corrected chi connectivity index (χ3v) is 3.18. The largest absolute Gasteiger partial charge is 0.276 e. The zero-order chi connectivity index (χ0) is 11.4. The molecule has 0 unspecified atom stereocenters. The Balaban J connectivity index is 1.92. The number of nitrogens with two attached hydrogens (primary N) is 1. The van der Waals surface area contributed by atoms with Crippen molar-refractivity contribution in [3.05, 3.63) is 35.9 Å². The third-order valence-electron chi connectivity index (χ3n) is 3.18. The van der Waals surface area contributed by atoms with Gasteiger partial charge in [-0.3, -0.25) is 9.80 Å². The van der Waals surface area contributed by atoms with Crippen LogP contribution in [0.2, 0.25) is 0 Å². The van der Waals surface area contributed by atoms with E-state index in [2.05, 4.69) is 0 Å². The molecule has 3 nitrogen and oxygen atoms in total. The van der Waals surface area contributed by atoms with Crippen molar-refractivity contribution in [2.24, 2.45) is 11.8 Å². The fourth-order valence-corrected chi connectivity index (χ4v) is 2.27. The molecule has 16 heavy (non-hydrogen) atoms. The molecule has 0 heterocycles. The molecule has 1 amide bonds. The van der Waals surface area contributed by atoms with Crippen LogP contribution in [0.25, 0.3) is 0 Å². The van der Waals surface area contributed by atoms with Gasteiger partial charge in [-0.1, -0.05) is 43.2 Å². The summed E-state index contributed by atoms with van der Waals surface area (Å²) in [7, 11) is 0. The highest BCUT2D eigenvalue weighted by atomic mass is 16.2. The molecular weight excluding hydrogens is 200 g/mol. The van der Waals surface area contributed by atoms with Gasteiger partial charge in [-0.25, -0.2) is 5.84 Å². The molecule has 1 aliphatic carbocycles. The van der Waals surface area contributed by atoms with Gasteiger partial charge in [0.2, 0.25) is 5.91 Å². The Bertz CT molecular complexity index is 344. The summed E-state index contributed by atoms with van der Waals surface area (Å²) >= 11 is 0. The van der Waals surface area contributed by atoms with Crippen LogP contribution < -0.4 is 5.84 Å². The lowest BCUT2D eigenvalue weighted by molar-refractivity contribution is -0.136. The Hall–Kier alpha value is -1.35. The normalized spacial score (nSPS) is 16.3. The minimum atomic E-state index is 0.0985. The first-order valence-electron chi connectivity index (χ1n) is 5.87. The molecule has 1 aromatic rings. The van der Waals surface area contributed by atoms with Crippen molar-refractivity contribution < 1.29 is 4.79 Å². The van der Waals surface area contributed by atoms with Gasteiger partial charge >= 0.3 is 0 Å². The minimum absolute atomic E-state index is 0.0985. The summed E-state index contributed by atoms with van der Waals surface area (Å²) in [5.74, 6) is 6.07. The Morgan fingerprint density at radius 1 is 1.25 bits per heavy atom. The van der Waals surface area contributed by atoms with Gasteiger partial charge in [0.25, 0.3) is 0 Å². The zero-order valence-electron chi connectivity index (χ0n) is 9.43. The maximum Gasteiger partial charge on any atom is 0.239 e. The van der Waals surface area contributed by atoms with E-state index >= 15 is 0 Å². The molecule has 3 heteroatoms. The molecule has 0 saturated heterocycles. The molecule has 0 radical (unpaired) electrons. The molecule has 86 valence electrons. The first kappa shape index (κ1) is 11.1.